The molecule has 1 aromatic carbocycles. The monoisotopic (exact) mass is 280 g/mol. The Hall–Kier alpha value is -1.05. The molecule has 1 heterocycles. The highest BCUT2D eigenvalue weighted by Gasteiger charge is 2.38. The van der Waals surface area contributed by atoms with Crippen molar-refractivity contribution in [2.75, 3.05) is 25.1 Å². The van der Waals surface area contributed by atoms with Gasteiger partial charge in [-0.05, 0) is 30.7 Å². The minimum Gasteiger partial charge on any atom is -0.383 e. The van der Waals surface area contributed by atoms with Gasteiger partial charge in [0.05, 0.1) is 19.3 Å². The molecule has 1 aliphatic heterocycles. The predicted molar refractivity (Wildman–Crippen MR) is 66.2 cm³/mol. The SMILES string of the molecule is Cc1cc(NCC2(C#N)COC2)ccc1Br. The van der Waals surface area contributed by atoms with Gasteiger partial charge in [0.1, 0.15) is 5.41 Å². The van der Waals surface area contributed by atoms with Crippen LogP contribution in [0.2, 0.25) is 0 Å². The quantitative estimate of drug-likeness (QED) is 0.926. The van der Waals surface area contributed by atoms with Crippen LogP contribution in [0.1, 0.15) is 5.56 Å². The molecule has 0 spiro atoms. The lowest BCUT2D eigenvalue weighted by Gasteiger charge is -2.35. The molecule has 0 aliphatic carbocycles. The van der Waals surface area contributed by atoms with Crippen molar-refractivity contribution in [1.82, 2.24) is 0 Å². The first-order valence-electron chi connectivity index (χ1n) is 5.14. The van der Waals surface area contributed by atoms with Gasteiger partial charge in [0, 0.05) is 16.7 Å². The van der Waals surface area contributed by atoms with Gasteiger partial charge in [-0.25, -0.2) is 0 Å². The molecule has 0 radical (unpaired) electrons. The van der Waals surface area contributed by atoms with Gasteiger partial charge in [-0.3, -0.25) is 0 Å². The molecule has 0 amide bonds. The highest BCUT2D eigenvalue weighted by Crippen LogP contribution is 2.27. The summed E-state index contributed by atoms with van der Waals surface area (Å²) < 4.78 is 6.19. The number of aryl methyl sites for hydroxylation is 1. The second-order valence-electron chi connectivity index (χ2n) is 4.20. The van der Waals surface area contributed by atoms with E-state index in [1.807, 2.05) is 19.1 Å². The van der Waals surface area contributed by atoms with Crippen molar-refractivity contribution in [3.05, 3.63) is 28.2 Å². The van der Waals surface area contributed by atoms with Gasteiger partial charge >= 0.3 is 0 Å². The van der Waals surface area contributed by atoms with Crippen LogP contribution in [0, 0.1) is 23.7 Å². The molecular formula is C12H13BrN2O. The van der Waals surface area contributed by atoms with Crippen molar-refractivity contribution < 1.29 is 4.74 Å². The van der Waals surface area contributed by atoms with Gasteiger partial charge in [0.15, 0.2) is 0 Å². The Morgan fingerprint density at radius 2 is 2.31 bits per heavy atom. The molecule has 0 atom stereocenters. The van der Waals surface area contributed by atoms with Crippen LogP contribution in [0.3, 0.4) is 0 Å². The Labute approximate surface area is 104 Å². The van der Waals surface area contributed by atoms with Crippen LogP contribution in [0.15, 0.2) is 22.7 Å². The molecule has 84 valence electrons. The maximum Gasteiger partial charge on any atom is 0.121 e. The number of anilines is 1. The highest BCUT2D eigenvalue weighted by atomic mass is 79.9. The number of ether oxygens (including phenoxy) is 1. The van der Waals surface area contributed by atoms with Crippen LogP contribution >= 0.6 is 15.9 Å². The van der Waals surface area contributed by atoms with E-state index in [1.54, 1.807) is 0 Å². The average Bonchev–Trinajstić information content (AvgIpc) is 2.22. The summed E-state index contributed by atoms with van der Waals surface area (Å²) in [4.78, 5) is 0. The molecule has 0 aromatic heterocycles. The van der Waals surface area contributed by atoms with Gasteiger partial charge in [-0.15, -0.1) is 0 Å². The molecule has 1 saturated heterocycles. The molecular weight excluding hydrogens is 268 g/mol. The molecule has 16 heavy (non-hydrogen) atoms. The molecule has 1 fully saturated rings. The summed E-state index contributed by atoms with van der Waals surface area (Å²) >= 11 is 3.46. The third kappa shape index (κ3) is 2.21. The number of nitriles is 1. The molecule has 1 aromatic rings. The molecule has 4 heteroatoms. The molecule has 0 unspecified atom stereocenters. The van der Waals surface area contributed by atoms with E-state index in [9.17, 15) is 0 Å². The molecule has 3 nitrogen and oxygen atoms in total. The predicted octanol–water partition coefficient (Wildman–Crippen LogP) is 2.71. The summed E-state index contributed by atoms with van der Waals surface area (Å²) in [6, 6.07) is 8.39. The standard InChI is InChI=1S/C12H13BrN2O/c1-9-4-10(2-3-11(9)13)15-6-12(5-14)7-16-8-12/h2-4,15H,6-8H2,1H3. The van der Waals surface area contributed by atoms with E-state index < -0.39 is 0 Å². The lowest BCUT2D eigenvalue weighted by Crippen LogP contribution is -2.46. The molecule has 1 aliphatic rings. The van der Waals surface area contributed by atoms with Crippen molar-refractivity contribution in [3.8, 4) is 6.07 Å². The third-order valence-corrected chi connectivity index (χ3v) is 3.67. The fourth-order valence-corrected chi connectivity index (χ4v) is 1.83. The lowest BCUT2D eigenvalue weighted by molar-refractivity contribution is -0.0690. The molecule has 0 bridgehead atoms. The fraction of sp³-hybridized carbons (Fsp3) is 0.417. The van der Waals surface area contributed by atoms with Crippen LogP contribution in [-0.2, 0) is 4.74 Å². The average molecular weight is 281 g/mol. The van der Waals surface area contributed by atoms with Crippen molar-refractivity contribution in [3.63, 3.8) is 0 Å². The van der Waals surface area contributed by atoms with Crippen LogP contribution in [0.5, 0.6) is 0 Å². The zero-order chi connectivity index (χ0) is 11.6. The number of benzene rings is 1. The van der Waals surface area contributed by atoms with Crippen molar-refractivity contribution >= 4 is 21.6 Å². The maximum atomic E-state index is 9.04. The third-order valence-electron chi connectivity index (χ3n) is 2.78. The molecule has 1 N–H and O–H groups in total. The number of hydrogen-bond donors (Lipinski definition) is 1. The second-order valence-corrected chi connectivity index (χ2v) is 5.06. The largest absolute Gasteiger partial charge is 0.383 e. The number of nitrogens with zero attached hydrogens (tertiary/aromatic N) is 1. The van der Waals surface area contributed by atoms with E-state index in [1.165, 1.54) is 5.56 Å². The maximum absolute atomic E-state index is 9.04. The van der Waals surface area contributed by atoms with E-state index >= 15 is 0 Å². The zero-order valence-corrected chi connectivity index (χ0v) is 10.7. The number of rotatable bonds is 3. The summed E-state index contributed by atoms with van der Waals surface area (Å²) in [6.07, 6.45) is 0. The van der Waals surface area contributed by atoms with Gasteiger partial charge in [0.2, 0.25) is 0 Å². The normalized spacial score (nSPS) is 17.3. The summed E-state index contributed by atoms with van der Waals surface area (Å²) in [5.74, 6) is 0. The van der Waals surface area contributed by atoms with E-state index in [4.69, 9.17) is 10.00 Å². The number of hydrogen-bond acceptors (Lipinski definition) is 3. The second kappa shape index (κ2) is 4.44. The van der Waals surface area contributed by atoms with Gasteiger partial charge in [-0.2, -0.15) is 5.26 Å². The first-order chi connectivity index (χ1) is 7.65. The van der Waals surface area contributed by atoms with Crippen LogP contribution < -0.4 is 5.32 Å². The van der Waals surface area contributed by atoms with E-state index in [0.29, 0.717) is 19.8 Å². The summed E-state index contributed by atoms with van der Waals surface area (Å²) in [5, 5.41) is 12.3. The topological polar surface area (TPSA) is 45.0 Å². The van der Waals surface area contributed by atoms with Gasteiger partial charge in [-0.1, -0.05) is 15.9 Å². The van der Waals surface area contributed by atoms with Gasteiger partial charge in [0.25, 0.3) is 0 Å². The minimum atomic E-state index is -0.332. The van der Waals surface area contributed by atoms with Crippen LogP contribution in [0.4, 0.5) is 5.69 Å². The summed E-state index contributed by atoms with van der Waals surface area (Å²) in [7, 11) is 0. The Morgan fingerprint density at radius 3 is 2.81 bits per heavy atom. The van der Waals surface area contributed by atoms with E-state index in [-0.39, 0.29) is 5.41 Å². The Morgan fingerprint density at radius 1 is 1.56 bits per heavy atom. The molecule has 2 rings (SSSR count). The van der Waals surface area contributed by atoms with E-state index in [2.05, 4.69) is 33.4 Å². The summed E-state index contributed by atoms with van der Waals surface area (Å²) in [6.45, 7) is 3.75. The summed E-state index contributed by atoms with van der Waals surface area (Å²) in [5.41, 5.74) is 1.89. The Balaban J connectivity index is 2.00. The first kappa shape index (κ1) is 11.4. The fourth-order valence-electron chi connectivity index (χ4n) is 1.58. The van der Waals surface area contributed by atoms with Crippen molar-refractivity contribution in [2.45, 2.75) is 6.92 Å². The van der Waals surface area contributed by atoms with Crippen LogP contribution in [0.25, 0.3) is 0 Å². The minimum absolute atomic E-state index is 0.332. The van der Waals surface area contributed by atoms with E-state index in [0.717, 1.165) is 10.2 Å². The lowest BCUT2D eigenvalue weighted by atomic mass is 9.88. The molecule has 0 saturated carbocycles. The Kier molecular flexibility index (Phi) is 3.17. The van der Waals surface area contributed by atoms with Crippen LogP contribution in [-0.4, -0.2) is 19.8 Å². The highest BCUT2D eigenvalue weighted by molar-refractivity contribution is 9.10. The van der Waals surface area contributed by atoms with Gasteiger partial charge < -0.3 is 10.1 Å². The zero-order valence-electron chi connectivity index (χ0n) is 9.09. The Bertz CT molecular complexity index is 435. The van der Waals surface area contributed by atoms with Crippen molar-refractivity contribution in [1.29, 1.82) is 5.26 Å². The number of nitrogens with one attached hydrogen (secondary N) is 1. The first-order valence-corrected chi connectivity index (χ1v) is 5.94. The number of halogens is 1. The van der Waals surface area contributed by atoms with Crippen molar-refractivity contribution in [2.24, 2.45) is 5.41 Å². The smallest absolute Gasteiger partial charge is 0.121 e.